The van der Waals surface area contributed by atoms with Crippen molar-refractivity contribution in [1.29, 1.82) is 5.26 Å². The van der Waals surface area contributed by atoms with Gasteiger partial charge in [0.1, 0.15) is 11.6 Å². The summed E-state index contributed by atoms with van der Waals surface area (Å²) >= 11 is 7.38. The average Bonchev–Trinajstić information content (AvgIpc) is 1.51. The quantitative estimate of drug-likeness (QED) is 0.149. The smallest absolute Gasteiger partial charge is 0.104 e. The van der Waals surface area contributed by atoms with Crippen molar-refractivity contribution in [2.75, 3.05) is 0 Å². The van der Waals surface area contributed by atoms with E-state index in [4.69, 9.17) is 0 Å². The number of hydrogen-bond acceptors (Lipinski definition) is 5. The summed E-state index contributed by atoms with van der Waals surface area (Å²) < 4.78 is 20.1. The molecule has 5 nitrogen and oxygen atoms in total. The van der Waals surface area contributed by atoms with Gasteiger partial charge in [0.05, 0.1) is 66.9 Å². The van der Waals surface area contributed by atoms with E-state index in [-0.39, 0.29) is 0 Å². The van der Waals surface area contributed by atoms with Crippen LogP contribution in [0.25, 0.3) is 235 Å². The molecule has 0 saturated heterocycles. The van der Waals surface area contributed by atoms with Crippen molar-refractivity contribution in [3.8, 4) is 73.3 Å². The van der Waals surface area contributed by atoms with E-state index in [0.717, 1.165) is 154 Å². The van der Waals surface area contributed by atoms with Gasteiger partial charge in [-0.2, -0.15) is 5.26 Å². The summed E-state index contributed by atoms with van der Waals surface area (Å²) in [6, 6.07) is 132. The van der Waals surface area contributed by atoms with E-state index >= 15 is 0 Å². The second-order valence-electron chi connectivity index (χ2n) is 29.7. The highest BCUT2D eigenvalue weighted by molar-refractivity contribution is 7.27. The lowest BCUT2D eigenvalue weighted by molar-refractivity contribution is 1.03. The Morgan fingerprint density at radius 1 is 0.179 bits per heavy atom. The number of nitrogens with zero attached hydrogens (tertiary/aromatic N) is 5. The van der Waals surface area contributed by atoms with E-state index in [1.54, 1.807) is 0 Å². The van der Waals surface area contributed by atoms with Crippen LogP contribution in [0, 0.1) is 11.3 Å². The van der Waals surface area contributed by atoms with Crippen LogP contribution in [0.2, 0.25) is 0 Å². The monoisotopic (exact) mass is 1490 g/mol. The number of thiophene rings is 4. The molecule has 0 aliphatic rings. The Kier molecular flexibility index (Phi) is 13.1. The van der Waals surface area contributed by atoms with E-state index in [9.17, 15) is 5.26 Å². The lowest BCUT2D eigenvalue weighted by Crippen LogP contribution is -2.13. The predicted octanol–water partition coefficient (Wildman–Crippen LogP) is 30.1. The van der Waals surface area contributed by atoms with Gasteiger partial charge in [0.25, 0.3) is 0 Å². The number of rotatable bonds is 8. The van der Waals surface area contributed by atoms with E-state index in [1.165, 1.54) is 80.7 Å². The third kappa shape index (κ3) is 8.97. The number of nitriles is 1. The first-order valence-corrected chi connectivity index (χ1v) is 41.2. The maximum atomic E-state index is 13.4. The standard InChI is InChI=1S/C103H57N5S4/c104-58-83-102(107-86-27-11-3-19-69(86)77-51-61(35-43-90(77)107)65-39-47-100-81(55-65)73-23-7-15-31-96(73)111-100)92(105-84-25-9-1-17-67(84)75-49-59(33-41-88(75)105)63-37-45-98-79(53-63)71-21-5-13-29-94(71)109-98)57-93(106-85-26-10-2-18-68(85)76-50-60(34-42-89(76)106)64-38-46-99-80(54-64)72-22-6-14-30-95(72)110-99)103(83)108-87-28-12-4-20-70(87)78-52-62(36-44-91(78)108)66-40-48-101-82(56-66)74-24-8-16-32-97(74)112-101/h1-57H. The Morgan fingerprint density at radius 3 is 0.661 bits per heavy atom. The maximum Gasteiger partial charge on any atom is 0.104 e. The third-order valence-electron chi connectivity index (χ3n) is 23.8. The molecule has 8 aromatic heterocycles. The van der Waals surface area contributed by atoms with Gasteiger partial charge in [0.2, 0.25) is 0 Å². The van der Waals surface area contributed by atoms with Crippen molar-refractivity contribution in [3.63, 3.8) is 0 Å². The van der Waals surface area contributed by atoms with Gasteiger partial charge in [-0.05, 0) is 196 Å². The van der Waals surface area contributed by atoms with Gasteiger partial charge in [-0.3, -0.25) is 0 Å². The highest BCUT2D eigenvalue weighted by atomic mass is 32.1. The third-order valence-corrected chi connectivity index (χ3v) is 28.4. The fourth-order valence-corrected chi connectivity index (χ4v) is 23.1. The summed E-state index contributed by atoms with van der Waals surface area (Å²) in [6.45, 7) is 0. The Bertz CT molecular complexity index is 8020. The second kappa shape index (κ2) is 23.7. The van der Waals surface area contributed by atoms with Crippen LogP contribution in [0.3, 0.4) is 0 Å². The molecule has 0 spiro atoms. The zero-order valence-corrected chi connectivity index (χ0v) is 63.0. The van der Waals surface area contributed by atoms with E-state index in [1.807, 2.05) is 45.3 Å². The first kappa shape index (κ1) is 62.2. The van der Waals surface area contributed by atoms with Crippen molar-refractivity contribution >= 4 is 213 Å². The number of para-hydroxylation sites is 4. The normalized spacial score (nSPS) is 12.3. The molecule has 0 saturated carbocycles. The highest BCUT2D eigenvalue weighted by Crippen LogP contribution is 2.51. The lowest BCUT2D eigenvalue weighted by Gasteiger charge is -2.25. The molecule has 0 fully saturated rings. The molecule has 518 valence electrons. The number of benzene rings is 17. The zero-order valence-electron chi connectivity index (χ0n) is 59.8. The Labute approximate surface area is 656 Å². The molecule has 0 amide bonds. The zero-order chi connectivity index (χ0) is 73.1. The van der Waals surface area contributed by atoms with Crippen molar-refractivity contribution in [2.24, 2.45) is 0 Å². The molecule has 9 heteroatoms. The first-order valence-electron chi connectivity index (χ1n) is 37.9. The minimum absolute atomic E-state index is 0.522. The van der Waals surface area contributed by atoms with Crippen LogP contribution in [0.4, 0.5) is 0 Å². The topological polar surface area (TPSA) is 43.5 Å². The number of hydrogen-bond donors (Lipinski definition) is 0. The van der Waals surface area contributed by atoms with Gasteiger partial charge in [-0.25, -0.2) is 0 Å². The highest BCUT2D eigenvalue weighted by Gasteiger charge is 2.32. The first-order chi connectivity index (χ1) is 55.5. The molecule has 17 aromatic carbocycles. The fraction of sp³-hybridized carbons (Fsp3) is 0. The molecule has 25 aromatic rings. The molecule has 0 bridgehead atoms. The van der Waals surface area contributed by atoms with E-state index in [2.05, 4.69) is 370 Å². The SMILES string of the molecule is N#Cc1c(-n2c3ccccc3c3cc(-c4ccc5sc6ccccc6c5c4)ccc32)c(-n2c3ccccc3c3cc(-c4ccc5sc6ccccc6c5c4)ccc32)cc(-n2c3ccccc3c3cc(-c4ccc5sc6ccccc6c5c4)ccc32)c1-n1c2ccccc2c2cc(-c3ccc4sc5ccccc5c4c3)ccc21. The summed E-state index contributed by atoms with van der Waals surface area (Å²) in [5.74, 6) is 0. The van der Waals surface area contributed by atoms with Crippen molar-refractivity contribution in [2.45, 2.75) is 0 Å². The summed E-state index contributed by atoms with van der Waals surface area (Å²) in [5.41, 5.74) is 21.0. The molecule has 0 radical (unpaired) electrons. The summed E-state index contributed by atoms with van der Waals surface area (Å²) in [6.07, 6.45) is 0. The van der Waals surface area contributed by atoms with Crippen molar-refractivity contribution < 1.29 is 0 Å². The fourth-order valence-electron chi connectivity index (χ4n) is 18.8. The van der Waals surface area contributed by atoms with Crippen LogP contribution >= 0.6 is 45.3 Å². The Balaban J connectivity index is 0.810. The Hall–Kier alpha value is -13.7. The lowest BCUT2D eigenvalue weighted by atomic mass is 10.0. The summed E-state index contributed by atoms with van der Waals surface area (Å²) in [5, 5.41) is 32.4. The molecule has 112 heavy (non-hydrogen) atoms. The minimum Gasteiger partial charge on any atom is -0.307 e. The molecule has 0 atom stereocenters. The second-order valence-corrected chi connectivity index (χ2v) is 34.0. The molecule has 0 aliphatic heterocycles. The van der Waals surface area contributed by atoms with Gasteiger partial charge in [-0.1, -0.05) is 194 Å². The maximum absolute atomic E-state index is 13.4. The van der Waals surface area contributed by atoms with Gasteiger partial charge < -0.3 is 18.3 Å². The van der Waals surface area contributed by atoms with Gasteiger partial charge in [0.15, 0.2) is 0 Å². The van der Waals surface area contributed by atoms with Crippen LogP contribution in [0.15, 0.2) is 346 Å². The van der Waals surface area contributed by atoms with E-state index < -0.39 is 0 Å². The van der Waals surface area contributed by atoms with Gasteiger partial charge >= 0.3 is 0 Å². The van der Waals surface area contributed by atoms with Crippen LogP contribution in [-0.4, -0.2) is 18.3 Å². The molecule has 8 heterocycles. The van der Waals surface area contributed by atoms with Crippen LogP contribution in [0.5, 0.6) is 0 Å². The van der Waals surface area contributed by atoms with Crippen molar-refractivity contribution in [3.05, 3.63) is 351 Å². The van der Waals surface area contributed by atoms with E-state index in [0.29, 0.717) is 5.56 Å². The summed E-state index contributed by atoms with van der Waals surface area (Å²) in [4.78, 5) is 0. The van der Waals surface area contributed by atoms with Gasteiger partial charge in [-0.15, -0.1) is 45.3 Å². The molecule has 0 N–H and O–H groups in total. The van der Waals surface area contributed by atoms with Crippen molar-refractivity contribution in [1.82, 2.24) is 18.3 Å². The van der Waals surface area contributed by atoms with Gasteiger partial charge in [0, 0.05) is 124 Å². The molecule has 25 rings (SSSR count). The predicted molar refractivity (Wildman–Crippen MR) is 482 cm³/mol. The molecular formula is C103H57N5S4. The summed E-state index contributed by atoms with van der Waals surface area (Å²) in [7, 11) is 0. The minimum atomic E-state index is 0.522. The number of aromatic nitrogens is 4. The Morgan fingerprint density at radius 2 is 0.384 bits per heavy atom. The van der Waals surface area contributed by atoms with Crippen LogP contribution in [0.1, 0.15) is 5.56 Å². The number of fused-ring (bicyclic) bond motifs is 24. The molecule has 0 aliphatic carbocycles. The molecular weight excluding hydrogens is 1440 g/mol. The molecule has 0 unspecified atom stereocenters. The van der Waals surface area contributed by atoms with Crippen LogP contribution < -0.4 is 0 Å². The average molecular weight is 1490 g/mol. The largest absolute Gasteiger partial charge is 0.307 e. The van der Waals surface area contributed by atoms with Crippen LogP contribution in [-0.2, 0) is 0 Å².